The molecule has 1 aromatic heterocycles. The summed E-state index contributed by atoms with van der Waals surface area (Å²) >= 11 is 5.37. The van der Waals surface area contributed by atoms with Crippen LogP contribution < -0.4 is 0 Å². The van der Waals surface area contributed by atoms with E-state index >= 15 is 0 Å². The van der Waals surface area contributed by atoms with Crippen LogP contribution in [0.25, 0.3) is 11.3 Å². The van der Waals surface area contributed by atoms with Gasteiger partial charge in [-0.2, -0.15) is 0 Å². The molecule has 16 heavy (non-hydrogen) atoms. The molecular weight excluding hydrogens is 222 g/mol. The summed E-state index contributed by atoms with van der Waals surface area (Å²) in [6, 6.07) is 11.0. The van der Waals surface area contributed by atoms with Gasteiger partial charge in [0.1, 0.15) is 0 Å². The second kappa shape index (κ2) is 4.45. The number of halogens is 1. The zero-order chi connectivity index (χ0) is 11.5. The highest BCUT2D eigenvalue weighted by atomic mass is 35.5. The van der Waals surface area contributed by atoms with E-state index in [9.17, 15) is 4.79 Å². The lowest BCUT2D eigenvalue weighted by Gasteiger charge is -2.01. The van der Waals surface area contributed by atoms with E-state index in [4.69, 9.17) is 11.6 Å². The number of hydrogen-bond donors (Lipinski definition) is 0. The molecule has 3 heteroatoms. The fourth-order valence-electron chi connectivity index (χ4n) is 1.41. The van der Waals surface area contributed by atoms with Gasteiger partial charge in [-0.15, -0.1) is 0 Å². The Hall–Kier alpha value is -1.67. The topological polar surface area (TPSA) is 30.0 Å². The predicted molar refractivity (Wildman–Crippen MR) is 64.6 cm³/mol. The molecule has 0 aliphatic carbocycles. The van der Waals surface area contributed by atoms with Gasteiger partial charge in [-0.25, -0.2) is 0 Å². The summed E-state index contributed by atoms with van der Waals surface area (Å²) < 4.78 is 0. The normalized spacial score (nSPS) is 10.1. The molecule has 2 nitrogen and oxygen atoms in total. The summed E-state index contributed by atoms with van der Waals surface area (Å²) in [6.07, 6.45) is 1.82. The van der Waals surface area contributed by atoms with Crippen molar-refractivity contribution in [3.05, 3.63) is 53.7 Å². The zero-order valence-corrected chi connectivity index (χ0v) is 9.53. The first-order valence-electron chi connectivity index (χ1n) is 4.90. The van der Waals surface area contributed by atoms with E-state index in [0.717, 1.165) is 16.8 Å². The third-order valence-corrected chi connectivity index (χ3v) is 2.54. The monoisotopic (exact) mass is 231 g/mol. The lowest BCUT2D eigenvalue weighted by Crippen LogP contribution is -1.89. The highest BCUT2D eigenvalue weighted by molar-refractivity contribution is 6.67. The predicted octanol–water partition coefficient (Wildman–Crippen LogP) is 3.44. The van der Waals surface area contributed by atoms with Crippen LogP contribution in [0.15, 0.2) is 42.6 Å². The van der Waals surface area contributed by atoms with E-state index < -0.39 is 5.24 Å². The number of aromatic nitrogens is 1. The number of nitrogens with zero attached hydrogens (tertiary/aromatic N) is 1. The maximum Gasteiger partial charge on any atom is 0.252 e. The molecule has 2 aromatic rings. The van der Waals surface area contributed by atoms with Crippen LogP contribution in [-0.4, -0.2) is 10.2 Å². The summed E-state index contributed by atoms with van der Waals surface area (Å²) in [4.78, 5) is 15.2. The Balaban J connectivity index is 2.34. The average molecular weight is 232 g/mol. The lowest BCUT2D eigenvalue weighted by molar-refractivity contribution is 0.108. The fourth-order valence-corrected chi connectivity index (χ4v) is 1.54. The maximum absolute atomic E-state index is 10.9. The molecule has 1 heterocycles. The standard InChI is InChI=1S/C13H10ClNO/c1-9-2-7-12(15-8-9)10-3-5-11(6-4-10)13(14)16/h2-8H,1H3. The number of hydrogen-bond acceptors (Lipinski definition) is 2. The van der Waals surface area contributed by atoms with Gasteiger partial charge in [-0.3, -0.25) is 9.78 Å². The van der Waals surface area contributed by atoms with Gasteiger partial charge in [0, 0.05) is 17.3 Å². The maximum atomic E-state index is 10.9. The van der Waals surface area contributed by atoms with E-state index in [1.165, 1.54) is 0 Å². The van der Waals surface area contributed by atoms with Crippen LogP contribution in [0.3, 0.4) is 0 Å². The summed E-state index contributed by atoms with van der Waals surface area (Å²) in [5, 5.41) is -0.441. The second-order valence-electron chi connectivity index (χ2n) is 3.57. The first kappa shape index (κ1) is 10.8. The highest BCUT2D eigenvalue weighted by Gasteiger charge is 2.02. The molecule has 0 N–H and O–H groups in total. The summed E-state index contributed by atoms with van der Waals surface area (Å²) in [6.45, 7) is 1.99. The Morgan fingerprint density at radius 1 is 1.12 bits per heavy atom. The van der Waals surface area contributed by atoms with Crippen molar-refractivity contribution < 1.29 is 4.79 Å². The summed E-state index contributed by atoms with van der Waals surface area (Å²) in [5.74, 6) is 0. The van der Waals surface area contributed by atoms with Crippen LogP contribution in [0, 0.1) is 6.92 Å². The van der Waals surface area contributed by atoms with Crippen molar-refractivity contribution >= 4 is 16.8 Å². The van der Waals surface area contributed by atoms with Crippen molar-refractivity contribution in [2.45, 2.75) is 6.92 Å². The summed E-state index contributed by atoms with van der Waals surface area (Å²) in [5.41, 5.74) is 3.48. The highest BCUT2D eigenvalue weighted by Crippen LogP contribution is 2.18. The van der Waals surface area contributed by atoms with Crippen molar-refractivity contribution in [1.82, 2.24) is 4.98 Å². The Morgan fingerprint density at radius 3 is 2.31 bits per heavy atom. The Morgan fingerprint density at radius 2 is 1.81 bits per heavy atom. The molecule has 0 unspecified atom stereocenters. The summed E-state index contributed by atoms with van der Waals surface area (Å²) in [7, 11) is 0. The molecule has 0 saturated heterocycles. The number of aryl methyl sites for hydroxylation is 1. The van der Waals surface area contributed by atoms with Gasteiger partial charge in [0.2, 0.25) is 0 Å². The zero-order valence-electron chi connectivity index (χ0n) is 8.77. The van der Waals surface area contributed by atoms with E-state index in [2.05, 4.69) is 4.98 Å². The van der Waals surface area contributed by atoms with Crippen LogP contribution in [0.5, 0.6) is 0 Å². The van der Waals surface area contributed by atoms with Gasteiger partial charge in [0.25, 0.3) is 5.24 Å². The molecule has 0 bridgehead atoms. The third kappa shape index (κ3) is 2.28. The van der Waals surface area contributed by atoms with Gasteiger partial charge in [0.05, 0.1) is 5.69 Å². The first-order valence-corrected chi connectivity index (χ1v) is 5.27. The van der Waals surface area contributed by atoms with Crippen molar-refractivity contribution in [3.63, 3.8) is 0 Å². The molecule has 0 atom stereocenters. The minimum atomic E-state index is -0.441. The van der Waals surface area contributed by atoms with E-state index in [1.807, 2.05) is 37.4 Å². The Kier molecular flexibility index (Phi) is 3.02. The van der Waals surface area contributed by atoms with Gasteiger partial charge in [0.15, 0.2) is 0 Å². The quantitative estimate of drug-likeness (QED) is 0.742. The van der Waals surface area contributed by atoms with Gasteiger partial charge < -0.3 is 0 Å². The number of pyridine rings is 1. The number of carbonyl (C=O) groups excluding carboxylic acids is 1. The molecule has 0 aliphatic heterocycles. The number of benzene rings is 1. The molecule has 0 amide bonds. The molecule has 2 rings (SSSR count). The average Bonchev–Trinajstić information content (AvgIpc) is 2.30. The van der Waals surface area contributed by atoms with Crippen molar-refractivity contribution in [2.75, 3.05) is 0 Å². The fraction of sp³-hybridized carbons (Fsp3) is 0.0769. The molecule has 0 aliphatic rings. The van der Waals surface area contributed by atoms with Gasteiger partial charge in [-0.1, -0.05) is 18.2 Å². The van der Waals surface area contributed by atoms with Crippen LogP contribution in [-0.2, 0) is 0 Å². The van der Waals surface area contributed by atoms with Crippen molar-refractivity contribution in [1.29, 1.82) is 0 Å². The van der Waals surface area contributed by atoms with Crippen LogP contribution >= 0.6 is 11.6 Å². The molecule has 80 valence electrons. The van der Waals surface area contributed by atoms with E-state index in [1.54, 1.807) is 12.1 Å². The molecule has 1 aromatic carbocycles. The second-order valence-corrected chi connectivity index (χ2v) is 3.92. The Bertz CT molecular complexity index is 502. The van der Waals surface area contributed by atoms with Gasteiger partial charge >= 0.3 is 0 Å². The van der Waals surface area contributed by atoms with E-state index in [-0.39, 0.29) is 0 Å². The van der Waals surface area contributed by atoms with Crippen molar-refractivity contribution in [2.24, 2.45) is 0 Å². The molecule has 0 fully saturated rings. The molecule has 0 radical (unpaired) electrons. The van der Waals surface area contributed by atoms with Crippen LogP contribution in [0.1, 0.15) is 15.9 Å². The molecule has 0 saturated carbocycles. The SMILES string of the molecule is Cc1ccc(-c2ccc(C(=O)Cl)cc2)nc1. The van der Waals surface area contributed by atoms with E-state index in [0.29, 0.717) is 5.56 Å². The lowest BCUT2D eigenvalue weighted by atomic mass is 10.1. The number of carbonyl (C=O) groups is 1. The van der Waals surface area contributed by atoms with Crippen molar-refractivity contribution in [3.8, 4) is 11.3 Å². The minimum absolute atomic E-state index is 0.441. The molecule has 0 spiro atoms. The van der Waals surface area contributed by atoms with Crippen LogP contribution in [0.4, 0.5) is 0 Å². The molecular formula is C13H10ClNO. The van der Waals surface area contributed by atoms with Crippen LogP contribution in [0.2, 0.25) is 0 Å². The van der Waals surface area contributed by atoms with Gasteiger partial charge in [-0.05, 0) is 42.3 Å². The third-order valence-electron chi connectivity index (χ3n) is 2.32. The number of rotatable bonds is 2. The first-order chi connectivity index (χ1) is 7.66. The largest absolute Gasteiger partial charge is 0.276 e. The Labute approximate surface area is 98.9 Å². The minimum Gasteiger partial charge on any atom is -0.276 e. The smallest absolute Gasteiger partial charge is 0.252 e.